The molecular weight excluding hydrogens is 264 g/mol. The Bertz CT molecular complexity index is 510. The lowest BCUT2D eigenvalue weighted by atomic mass is 10.4. The molecule has 0 fully saturated rings. The lowest BCUT2D eigenvalue weighted by molar-refractivity contribution is 0.476. The molecular formula is C10H14O5S2. The number of allylic oxidation sites excluding steroid dienone is 4. The molecule has 7 heteroatoms. The summed E-state index contributed by atoms with van der Waals surface area (Å²) in [5.41, 5.74) is 0.902. The van der Waals surface area contributed by atoms with Crippen LogP contribution in [0.15, 0.2) is 47.3 Å². The van der Waals surface area contributed by atoms with Gasteiger partial charge in [-0.15, -0.1) is 3.63 Å². The Labute approximate surface area is 102 Å². The lowest BCUT2D eigenvalue weighted by Gasteiger charge is -1.98. The molecule has 0 aliphatic rings. The van der Waals surface area contributed by atoms with E-state index in [1.807, 2.05) is 0 Å². The van der Waals surface area contributed by atoms with Gasteiger partial charge in [0.25, 0.3) is 0 Å². The third-order valence-electron chi connectivity index (χ3n) is 1.23. The standard InChI is InChI=1S/C10H14O5S2/c1-9(2)5-7-16(11,12)15-17(13,14)8-6-10(3)4/h5-8H,1,3H2,2,4H3. The Kier molecular flexibility index (Phi) is 5.53. The molecule has 0 aliphatic heterocycles. The minimum Gasteiger partial charge on any atom is -0.193 e. The van der Waals surface area contributed by atoms with E-state index >= 15 is 0 Å². The first-order valence-electron chi connectivity index (χ1n) is 4.42. The van der Waals surface area contributed by atoms with Crippen molar-refractivity contribution in [3.63, 3.8) is 0 Å². The first-order valence-corrected chi connectivity index (χ1v) is 7.37. The molecule has 0 heterocycles. The van der Waals surface area contributed by atoms with E-state index in [-0.39, 0.29) is 0 Å². The topological polar surface area (TPSA) is 77.5 Å². The van der Waals surface area contributed by atoms with E-state index in [0.717, 1.165) is 12.2 Å². The smallest absolute Gasteiger partial charge is 0.193 e. The largest absolute Gasteiger partial charge is 0.304 e. The third-order valence-corrected chi connectivity index (χ3v) is 3.68. The van der Waals surface area contributed by atoms with Crippen molar-refractivity contribution >= 4 is 20.2 Å². The van der Waals surface area contributed by atoms with Crippen LogP contribution in [0.25, 0.3) is 0 Å². The van der Waals surface area contributed by atoms with Crippen molar-refractivity contribution in [2.24, 2.45) is 0 Å². The molecule has 0 aromatic carbocycles. The monoisotopic (exact) mass is 278 g/mol. The molecule has 0 spiro atoms. The van der Waals surface area contributed by atoms with E-state index in [0.29, 0.717) is 22.0 Å². The molecule has 0 rings (SSSR count). The van der Waals surface area contributed by atoms with Gasteiger partial charge < -0.3 is 0 Å². The number of rotatable bonds is 6. The summed E-state index contributed by atoms with van der Waals surface area (Å²) in [5.74, 6) is 0. The molecule has 0 amide bonds. The van der Waals surface area contributed by atoms with Gasteiger partial charge in [0, 0.05) is 0 Å². The van der Waals surface area contributed by atoms with Gasteiger partial charge >= 0.3 is 20.2 Å². The molecule has 0 unspecified atom stereocenters. The Morgan fingerprint density at radius 2 is 1.18 bits per heavy atom. The lowest BCUT2D eigenvalue weighted by Crippen LogP contribution is -2.08. The van der Waals surface area contributed by atoms with Gasteiger partial charge in [0.1, 0.15) is 0 Å². The van der Waals surface area contributed by atoms with Crippen molar-refractivity contribution < 1.29 is 20.5 Å². The zero-order chi connectivity index (χ0) is 13.7. The Morgan fingerprint density at radius 3 is 1.41 bits per heavy atom. The highest BCUT2D eigenvalue weighted by Crippen LogP contribution is 2.07. The van der Waals surface area contributed by atoms with E-state index in [4.69, 9.17) is 0 Å². The molecule has 0 aliphatic carbocycles. The average Bonchev–Trinajstić information content (AvgIpc) is 2.10. The zero-order valence-electron chi connectivity index (χ0n) is 9.58. The van der Waals surface area contributed by atoms with Crippen LogP contribution in [0, 0.1) is 0 Å². The van der Waals surface area contributed by atoms with Gasteiger partial charge in [-0.1, -0.05) is 24.3 Å². The predicted octanol–water partition coefficient (Wildman–Crippen LogP) is 1.84. The molecule has 0 atom stereocenters. The summed E-state index contributed by atoms with van der Waals surface area (Å²) in [4.78, 5) is 0. The molecule has 0 radical (unpaired) electrons. The molecule has 0 saturated heterocycles. The molecule has 5 nitrogen and oxygen atoms in total. The minimum absolute atomic E-state index is 0.451. The fraction of sp³-hybridized carbons (Fsp3) is 0.200. The van der Waals surface area contributed by atoms with Crippen LogP contribution < -0.4 is 0 Å². The second kappa shape index (κ2) is 5.95. The summed E-state index contributed by atoms with van der Waals surface area (Å²) in [7, 11) is -8.58. The van der Waals surface area contributed by atoms with E-state index in [2.05, 4.69) is 16.8 Å². The van der Waals surface area contributed by atoms with E-state index in [1.165, 1.54) is 0 Å². The van der Waals surface area contributed by atoms with Crippen LogP contribution >= 0.6 is 0 Å². The maximum Gasteiger partial charge on any atom is 0.304 e. The molecule has 96 valence electrons. The Hall–Kier alpha value is -1.18. The van der Waals surface area contributed by atoms with Gasteiger partial charge in [-0.25, -0.2) is 0 Å². The van der Waals surface area contributed by atoms with Crippen molar-refractivity contribution in [3.05, 3.63) is 47.3 Å². The number of hydrogen-bond donors (Lipinski definition) is 0. The number of hydrogen-bond acceptors (Lipinski definition) is 5. The van der Waals surface area contributed by atoms with E-state index in [1.54, 1.807) is 13.8 Å². The van der Waals surface area contributed by atoms with Gasteiger partial charge in [0.15, 0.2) is 0 Å². The van der Waals surface area contributed by atoms with Gasteiger partial charge in [0.05, 0.1) is 10.8 Å². The van der Waals surface area contributed by atoms with Crippen molar-refractivity contribution in [2.45, 2.75) is 13.8 Å². The van der Waals surface area contributed by atoms with Crippen molar-refractivity contribution in [2.75, 3.05) is 0 Å². The minimum atomic E-state index is -4.29. The van der Waals surface area contributed by atoms with Gasteiger partial charge in [-0.3, -0.25) is 0 Å². The van der Waals surface area contributed by atoms with Crippen LogP contribution in [0.3, 0.4) is 0 Å². The zero-order valence-corrected chi connectivity index (χ0v) is 11.2. The van der Waals surface area contributed by atoms with Gasteiger partial charge in [-0.05, 0) is 26.0 Å². The highest BCUT2D eigenvalue weighted by atomic mass is 32.3. The fourth-order valence-corrected chi connectivity index (χ4v) is 2.79. The van der Waals surface area contributed by atoms with Crippen molar-refractivity contribution in [3.8, 4) is 0 Å². The van der Waals surface area contributed by atoms with Gasteiger partial charge in [0.2, 0.25) is 0 Å². The van der Waals surface area contributed by atoms with Crippen molar-refractivity contribution in [1.29, 1.82) is 0 Å². The van der Waals surface area contributed by atoms with Crippen LogP contribution in [0.5, 0.6) is 0 Å². The first-order chi connectivity index (χ1) is 7.54. The normalized spacial score (nSPS) is 13.3. The van der Waals surface area contributed by atoms with E-state index < -0.39 is 20.2 Å². The van der Waals surface area contributed by atoms with Gasteiger partial charge in [-0.2, -0.15) is 16.8 Å². The molecule has 17 heavy (non-hydrogen) atoms. The van der Waals surface area contributed by atoms with Crippen LogP contribution in [0.4, 0.5) is 0 Å². The van der Waals surface area contributed by atoms with Crippen molar-refractivity contribution in [1.82, 2.24) is 0 Å². The second-order valence-electron chi connectivity index (χ2n) is 3.35. The summed E-state index contributed by atoms with van der Waals surface area (Å²) < 4.78 is 48.9. The average molecular weight is 278 g/mol. The Morgan fingerprint density at radius 1 is 0.882 bits per heavy atom. The highest BCUT2D eigenvalue weighted by molar-refractivity contribution is 8.02. The van der Waals surface area contributed by atoms with E-state index in [9.17, 15) is 16.8 Å². The third kappa shape index (κ3) is 8.61. The summed E-state index contributed by atoms with van der Waals surface area (Å²) >= 11 is 0. The molecule has 0 aromatic rings. The Balaban J connectivity index is 4.97. The SMILES string of the molecule is C=C(C)C=CS(=O)(=O)OS(=O)(=O)C=CC(=C)C. The fourth-order valence-electron chi connectivity index (χ4n) is 0.577. The summed E-state index contributed by atoms with van der Waals surface area (Å²) in [6.07, 6.45) is 2.26. The van der Waals surface area contributed by atoms with Crippen LogP contribution in [-0.4, -0.2) is 16.8 Å². The summed E-state index contributed by atoms with van der Waals surface area (Å²) in [6, 6.07) is 0. The highest BCUT2D eigenvalue weighted by Gasteiger charge is 2.17. The molecule has 0 saturated carbocycles. The molecule has 0 aromatic heterocycles. The first kappa shape index (κ1) is 15.8. The summed E-state index contributed by atoms with van der Waals surface area (Å²) in [6.45, 7) is 9.98. The quantitative estimate of drug-likeness (QED) is 0.693. The maximum absolute atomic E-state index is 11.2. The second-order valence-corrected chi connectivity index (χ2v) is 6.41. The van der Waals surface area contributed by atoms with Crippen LogP contribution in [-0.2, 0) is 23.9 Å². The molecule has 0 N–H and O–H groups in total. The maximum atomic E-state index is 11.2. The van der Waals surface area contributed by atoms with Crippen LogP contribution in [0.1, 0.15) is 13.8 Å². The summed E-state index contributed by atoms with van der Waals surface area (Å²) in [5, 5.41) is 1.25. The predicted molar refractivity (Wildman–Crippen MR) is 66.8 cm³/mol. The van der Waals surface area contributed by atoms with Crippen LogP contribution in [0.2, 0.25) is 0 Å². The molecule has 0 bridgehead atoms.